The Labute approximate surface area is 176 Å². The monoisotopic (exact) mass is 430 g/mol. The van der Waals surface area contributed by atoms with Crippen LogP contribution in [0.3, 0.4) is 0 Å². The lowest BCUT2D eigenvalue weighted by Crippen LogP contribution is -2.15. The molecule has 4 rings (SSSR count). The quantitative estimate of drug-likeness (QED) is 0.439. The Morgan fingerprint density at radius 2 is 1.96 bits per heavy atom. The van der Waals surface area contributed by atoms with Gasteiger partial charge in [0.2, 0.25) is 0 Å². The summed E-state index contributed by atoms with van der Waals surface area (Å²) < 4.78 is 1.60. The van der Waals surface area contributed by atoms with E-state index in [1.54, 1.807) is 23.6 Å². The van der Waals surface area contributed by atoms with Gasteiger partial charge in [-0.15, -0.1) is 11.3 Å². The molecular weight excluding hydrogens is 415 g/mol. The summed E-state index contributed by atoms with van der Waals surface area (Å²) in [5, 5.41) is 6.11. The number of benzene rings is 1. The van der Waals surface area contributed by atoms with E-state index < -0.39 is 0 Å². The average molecular weight is 431 g/mol. The maximum absolute atomic E-state index is 12.9. The van der Waals surface area contributed by atoms with Gasteiger partial charge in [0.25, 0.3) is 5.91 Å². The number of aromatic nitrogens is 3. The van der Waals surface area contributed by atoms with E-state index in [2.05, 4.69) is 34.3 Å². The molecule has 4 aromatic rings. The Kier molecular flexibility index (Phi) is 5.10. The highest BCUT2D eigenvalue weighted by atomic mass is 35.5. The number of aryl methyl sites for hydroxylation is 2. The maximum atomic E-state index is 12.9. The molecule has 1 amide bonds. The van der Waals surface area contributed by atoms with Gasteiger partial charge in [-0.1, -0.05) is 54.4 Å². The molecule has 1 N–H and O–H groups in total. The summed E-state index contributed by atoms with van der Waals surface area (Å²) in [5.74, 6) is -0.314. The fraction of sp³-hybridized carbons (Fsp3) is 0.150. The Morgan fingerprint density at radius 1 is 1.21 bits per heavy atom. The number of amides is 1. The SMILES string of the molecule is CCc1ccc(-c2csc(NC(=O)c3c(C)nc4c(Cl)cc(Cl)cn34)n2)cc1. The second kappa shape index (κ2) is 7.54. The van der Waals surface area contributed by atoms with Crippen LogP contribution in [-0.2, 0) is 6.42 Å². The van der Waals surface area contributed by atoms with Crippen LogP contribution in [0.1, 0.15) is 28.7 Å². The molecule has 0 saturated carbocycles. The third-order valence-electron chi connectivity index (χ3n) is 4.41. The first-order chi connectivity index (χ1) is 13.5. The van der Waals surface area contributed by atoms with E-state index in [1.165, 1.54) is 16.9 Å². The van der Waals surface area contributed by atoms with Gasteiger partial charge in [0.15, 0.2) is 10.8 Å². The van der Waals surface area contributed by atoms with Crippen molar-refractivity contribution in [1.82, 2.24) is 14.4 Å². The number of nitrogens with zero attached hydrogens (tertiary/aromatic N) is 3. The Bertz CT molecular complexity index is 1180. The van der Waals surface area contributed by atoms with Gasteiger partial charge < -0.3 is 0 Å². The molecule has 0 unspecified atom stereocenters. The molecule has 1 aromatic carbocycles. The summed E-state index contributed by atoms with van der Waals surface area (Å²) in [5.41, 5.74) is 4.54. The number of nitrogens with one attached hydrogen (secondary N) is 1. The summed E-state index contributed by atoms with van der Waals surface area (Å²) >= 11 is 13.7. The number of thiazole rings is 1. The van der Waals surface area contributed by atoms with Crippen LogP contribution >= 0.6 is 34.5 Å². The number of pyridine rings is 1. The number of rotatable bonds is 4. The molecular formula is C20H16Cl2N4OS. The molecule has 3 heterocycles. The fourth-order valence-corrected chi connectivity index (χ4v) is 4.22. The number of hydrogen-bond acceptors (Lipinski definition) is 4. The van der Waals surface area contributed by atoms with Gasteiger partial charge in [-0.25, -0.2) is 9.97 Å². The predicted octanol–water partition coefficient (Wildman–Crippen LogP) is 5.89. The summed E-state index contributed by atoms with van der Waals surface area (Å²) in [4.78, 5) is 21.8. The van der Waals surface area contributed by atoms with Crippen molar-refractivity contribution in [2.75, 3.05) is 5.32 Å². The van der Waals surface area contributed by atoms with E-state index in [-0.39, 0.29) is 5.91 Å². The first kappa shape index (κ1) is 18.9. The Morgan fingerprint density at radius 3 is 2.68 bits per heavy atom. The number of halogens is 2. The van der Waals surface area contributed by atoms with Gasteiger partial charge in [-0.05, 0) is 25.0 Å². The minimum atomic E-state index is -0.314. The number of anilines is 1. The second-order valence-corrected chi connectivity index (χ2v) is 7.99. The number of fused-ring (bicyclic) bond motifs is 1. The number of carbonyl (C=O) groups is 1. The smallest absolute Gasteiger partial charge is 0.276 e. The molecule has 0 aliphatic carbocycles. The van der Waals surface area contributed by atoms with Crippen molar-refractivity contribution in [2.24, 2.45) is 0 Å². The lowest BCUT2D eigenvalue weighted by molar-refractivity contribution is 0.102. The summed E-state index contributed by atoms with van der Waals surface area (Å²) in [6, 6.07) is 9.85. The molecule has 8 heteroatoms. The van der Waals surface area contributed by atoms with Crippen molar-refractivity contribution in [2.45, 2.75) is 20.3 Å². The number of hydrogen-bond donors (Lipinski definition) is 1. The molecule has 0 aliphatic heterocycles. The molecule has 0 aliphatic rings. The molecule has 0 atom stereocenters. The minimum Gasteiger partial charge on any atom is -0.296 e. The van der Waals surface area contributed by atoms with E-state index in [0.717, 1.165) is 17.7 Å². The standard InChI is InChI=1S/C20H16Cl2N4OS/c1-3-12-4-6-13(7-5-12)16-10-28-20(24-16)25-19(27)17-11(2)23-18-15(22)8-14(21)9-26(17)18/h4-10H,3H2,1-2H3,(H,24,25,27). The molecule has 28 heavy (non-hydrogen) atoms. The molecule has 3 aromatic heterocycles. The Hall–Kier alpha value is -2.41. The maximum Gasteiger partial charge on any atom is 0.276 e. The highest BCUT2D eigenvalue weighted by Crippen LogP contribution is 2.27. The molecule has 5 nitrogen and oxygen atoms in total. The number of imidazole rings is 1. The largest absolute Gasteiger partial charge is 0.296 e. The highest BCUT2D eigenvalue weighted by molar-refractivity contribution is 7.14. The van der Waals surface area contributed by atoms with Gasteiger partial charge in [0, 0.05) is 17.1 Å². The summed E-state index contributed by atoms with van der Waals surface area (Å²) in [6.07, 6.45) is 2.62. The van der Waals surface area contributed by atoms with Crippen LogP contribution in [0, 0.1) is 6.92 Å². The first-order valence-electron chi connectivity index (χ1n) is 8.66. The van der Waals surface area contributed by atoms with Crippen LogP contribution in [0.5, 0.6) is 0 Å². The van der Waals surface area contributed by atoms with Crippen LogP contribution in [0.2, 0.25) is 10.0 Å². The summed E-state index contributed by atoms with van der Waals surface area (Å²) in [6.45, 7) is 3.88. The van der Waals surface area contributed by atoms with Crippen LogP contribution < -0.4 is 5.32 Å². The lowest BCUT2D eigenvalue weighted by atomic mass is 10.1. The van der Waals surface area contributed by atoms with E-state index in [1.807, 2.05) is 17.5 Å². The molecule has 0 radical (unpaired) electrons. The number of carbonyl (C=O) groups excluding carboxylic acids is 1. The van der Waals surface area contributed by atoms with Crippen molar-refractivity contribution in [1.29, 1.82) is 0 Å². The van der Waals surface area contributed by atoms with Gasteiger partial charge in [0.05, 0.1) is 21.4 Å². The predicted molar refractivity (Wildman–Crippen MR) is 115 cm³/mol. The molecule has 0 spiro atoms. The van der Waals surface area contributed by atoms with Crippen molar-refractivity contribution in [3.05, 3.63) is 68.9 Å². The lowest BCUT2D eigenvalue weighted by Gasteiger charge is -2.04. The van der Waals surface area contributed by atoms with Crippen molar-refractivity contribution in [3.63, 3.8) is 0 Å². The van der Waals surface area contributed by atoms with Crippen molar-refractivity contribution >= 4 is 51.2 Å². The van der Waals surface area contributed by atoms with Crippen molar-refractivity contribution in [3.8, 4) is 11.3 Å². The zero-order chi connectivity index (χ0) is 19.8. The molecule has 142 valence electrons. The van der Waals surface area contributed by atoms with Gasteiger partial charge >= 0.3 is 0 Å². The molecule has 0 fully saturated rings. The van der Waals surface area contributed by atoms with Crippen LogP contribution in [-0.4, -0.2) is 20.3 Å². The zero-order valence-corrected chi connectivity index (χ0v) is 17.5. The van der Waals surface area contributed by atoms with E-state index in [4.69, 9.17) is 23.2 Å². The average Bonchev–Trinajstić information content (AvgIpc) is 3.26. The topological polar surface area (TPSA) is 59.3 Å². The second-order valence-electron chi connectivity index (χ2n) is 6.29. The Balaban J connectivity index is 1.62. The van der Waals surface area contributed by atoms with Gasteiger partial charge in [-0.2, -0.15) is 0 Å². The highest BCUT2D eigenvalue weighted by Gasteiger charge is 2.20. The molecule has 0 bridgehead atoms. The third kappa shape index (κ3) is 3.51. The van der Waals surface area contributed by atoms with Gasteiger partial charge in [0.1, 0.15) is 5.69 Å². The van der Waals surface area contributed by atoms with Crippen LogP contribution in [0.4, 0.5) is 5.13 Å². The van der Waals surface area contributed by atoms with Crippen molar-refractivity contribution < 1.29 is 4.79 Å². The van der Waals surface area contributed by atoms with Crippen LogP contribution in [0.15, 0.2) is 41.9 Å². The zero-order valence-electron chi connectivity index (χ0n) is 15.2. The van der Waals surface area contributed by atoms with Crippen LogP contribution in [0.25, 0.3) is 16.9 Å². The third-order valence-corrected chi connectivity index (χ3v) is 5.66. The van der Waals surface area contributed by atoms with Gasteiger partial charge in [-0.3, -0.25) is 14.5 Å². The normalized spacial score (nSPS) is 11.1. The van der Waals surface area contributed by atoms with E-state index >= 15 is 0 Å². The molecule has 0 saturated heterocycles. The summed E-state index contributed by atoms with van der Waals surface area (Å²) in [7, 11) is 0. The van der Waals surface area contributed by atoms with E-state index in [0.29, 0.717) is 32.2 Å². The first-order valence-corrected chi connectivity index (χ1v) is 10.3. The van der Waals surface area contributed by atoms with E-state index in [9.17, 15) is 4.79 Å². The minimum absolute atomic E-state index is 0.314. The fourth-order valence-electron chi connectivity index (χ4n) is 2.99.